The molecule has 7 rings (SSSR count). The van der Waals surface area contributed by atoms with E-state index in [4.69, 9.17) is 0 Å². The first-order valence-electron chi connectivity index (χ1n) is 20.1. The third kappa shape index (κ3) is 5.61. The van der Waals surface area contributed by atoms with Gasteiger partial charge in [-0.15, -0.1) is 0 Å². The van der Waals surface area contributed by atoms with E-state index in [0.717, 1.165) is 44.3 Å². The van der Waals surface area contributed by atoms with Gasteiger partial charge in [0.05, 0.1) is 5.56 Å². The maximum absolute atomic E-state index is 13.1. The molecule has 0 spiro atoms. The van der Waals surface area contributed by atoms with Gasteiger partial charge in [-0.1, -0.05) is 65.0 Å². The van der Waals surface area contributed by atoms with Gasteiger partial charge in [0.15, 0.2) is 0 Å². The van der Waals surface area contributed by atoms with Crippen LogP contribution in [0, 0.1) is 56.7 Å². The van der Waals surface area contributed by atoms with E-state index in [2.05, 4.69) is 64.8 Å². The molecule has 3 unspecified atom stereocenters. The number of carboxylic acids is 1. The molecule has 6 aliphatic rings. The van der Waals surface area contributed by atoms with Gasteiger partial charge in [-0.2, -0.15) is 0 Å². The Balaban J connectivity index is 1.11. The molecular weight excluding hydrogens is 635 g/mol. The maximum Gasteiger partial charge on any atom is 0.335 e. The zero-order chi connectivity index (χ0) is 36.6. The Morgan fingerprint density at radius 1 is 0.922 bits per heavy atom. The smallest absolute Gasteiger partial charge is 0.335 e. The molecule has 51 heavy (non-hydrogen) atoms. The summed E-state index contributed by atoms with van der Waals surface area (Å²) in [6.45, 7) is 22.3. The standard InChI is InChI=1S/C44H63N3O4/c1-28(2)31-16-21-44(27-46-39(51)45-24-26-47-25-8-9-36(47)48)23-22-42(6)33(37(31)44)14-15-35-41(5)19-17-32(29-10-12-30(13-11-29)38(49)50)40(3,4)34(41)18-20-43(35,42)7/h10-13,17,31,33-35,37H,1,8-9,14-16,18-27H2,2-7H3,(H,49,50)(H2,45,46,51)/t31-,33+,34?,35?,37?,41-,42+,43+,44+/m0/s1. The summed E-state index contributed by atoms with van der Waals surface area (Å²) in [5.74, 6) is 2.16. The molecule has 7 nitrogen and oxygen atoms in total. The minimum absolute atomic E-state index is 0.00864. The predicted octanol–water partition coefficient (Wildman–Crippen LogP) is 8.96. The number of fused-ring (bicyclic) bond motifs is 7. The van der Waals surface area contributed by atoms with E-state index in [1.807, 2.05) is 17.0 Å². The second-order valence-corrected chi connectivity index (χ2v) is 19.1. The number of aromatic carboxylic acids is 1. The Labute approximate surface area is 306 Å². The van der Waals surface area contributed by atoms with Crippen molar-refractivity contribution in [3.8, 4) is 0 Å². The Hall–Kier alpha value is -3.09. The van der Waals surface area contributed by atoms with Gasteiger partial charge in [0, 0.05) is 32.6 Å². The van der Waals surface area contributed by atoms with Crippen molar-refractivity contribution >= 4 is 23.5 Å². The van der Waals surface area contributed by atoms with Crippen molar-refractivity contribution in [3.63, 3.8) is 0 Å². The summed E-state index contributed by atoms with van der Waals surface area (Å²) >= 11 is 0. The third-order valence-corrected chi connectivity index (χ3v) is 16.7. The molecule has 4 saturated carbocycles. The van der Waals surface area contributed by atoms with Crippen molar-refractivity contribution in [1.82, 2.24) is 15.5 Å². The highest BCUT2D eigenvalue weighted by Gasteiger charge is 2.70. The summed E-state index contributed by atoms with van der Waals surface area (Å²) in [5.41, 5.74) is 4.95. The van der Waals surface area contributed by atoms with Crippen molar-refractivity contribution < 1.29 is 19.5 Å². The van der Waals surface area contributed by atoms with Gasteiger partial charge in [-0.05, 0) is 151 Å². The third-order valence-electron chi connectivity index (χ3n) is 16.7. The Morgan fingerprint density at radius 2 is 1.67 bits per heavy atom. The summed E-state index contributed by atoms with van der Waals surface area (Å²) in [5, 5.41) is 15.9. The van der Waals surface area contributed by atoms with Crippen LogP contribution < -0.4 is 10.6 Å². The SMILES string of the molecule is C=C(C)[C@@H]1CC[C@]2(CNC(=O)NCCN3CCCC3=O)CC[C@]3(C)[C@H](CCC4[C@@]5(C)CC=C(c6ccc(C(=O)O)cc6)C(C)(C)C5CC[C@]43C)C12. The number of hydrogen-bond donors (Lipinski definition) is 3. The van der Waals surface area contributed by atoms with Gasteiger partial charge < -0.3 is 20.6 Å². The first-order valence-corrected chi connectivity index (χ1v) is 20.1. The number of allylic oxidation sites excluding steroid dienone is 3. The monoisotopic (exact) mass is 697 g/mol. The van der Waals surface area contributed by atoms with E-state index in [1.165, 1.54) is 49.7 Å². The number of nitrogens with zero attached hydrogens (tertiary/aromatic N) is 1. The summed E-state index contributed by atoms with van der Waals surface area (Å²) < 4.78 is 0. The fourth-order valence-electron chi connectivity index (χ4n) is 14.0. The van der Waals surface area contributed by atoms with Gasteiger partial charge in [0.1, 0.15) is 0 Å². The number of carboxylic acid groups (broad SMARTS) is 1. The fourth-order valence-corrected chi connectivity index (χ4v) is 14.0. The van der Waals surface area contributed by atoms with Crippen molar-refractivity contribution in [2.24, 2.45) is 56.7 Å². The molecule has 3 N–H and O–H groups in total. The average molecular weight is 698 g/mol. The number of urea groups is 1. The van der Waals surface area contributed by atoms with E-state index in [1.54, 1.807) is 12.1 Å². The zero-order valence-corrected chi connectivity index (χ0v) is 32.2. The maximum atomic E-state index is 13.1. The molecule has 1 saturated heterocycles. The van der Waals surface area contributed by atoms with E-state index in [9.17, 15) is 19.5 Å². The number of nitrogens with one attached hydrogen (secondary N) is 2. The number of carbonyl (C=O) groups excluding carboxylic acids is 2. The first-order chi connectivity index (χ1) is 24.1. The molecule has 1 aromatic carbocycles. The van der Waals surface area contributed by atoms with Crippen molar-refractivity contribution in [2.45, 2.75) is 112 Å². The van der Waals surface area contributed by atoms with E-state index in [0.29, 0.717) is 54.7 Å². The molecule has 278 valence electrons. The summed E-state index contributed by atoms with van der Waals surface area (Å²) in [6, 6.07) is 7.44. The van der Waals surface area contributed by atoms with Crippen LogP contribution in [0.4, 0.5) is 4.79 Å². The molecule has 7 heteroatoms. The number of amides is 3. The lowest BCUT2D eigenvalue weighted by molar-refractivity contribution is -0.224. The number of likely N-dealkylation sites (tertiary alicyclic amines) is 1. The topological polar surface area (TPSA) is 98.7 Å². The van der Waals surface area contributed by atoms with Crippen molar-refractivity contribution in [3.05, 3.63) is 53.6 Å². The average Bonchev–Trinajstić information content (AvgIpc) is 3.67. The van der Waals surface area contributed by atoms with Crippen LogP contribution >= 0.6 is 0 Å². The Bertz CT molecular complexity index is 1610. The van der Waals surface area contributed by atoms with E-state index in [-0.39, 0.29) is 39.0 Å². The van der Waals surface area contributed by atoms with Crippen LogP contribution in [-0.4, -0.2) is 54.1 Å². The van der Waals surface area contributed by atoms with Crippen LogP contribution in [-0.2, 0) is 4.79 Å². The molecule has 5 fully saturated rings. The van der Waals surface area contributed by atoms with E-state index < -0.39 is 5.97 Å². The van der Waals surface area contributed by atoms with Crippen LogP contribution in [0.1, 0.15) is 128 Å². The highest BCUT2D eigenvalue weighted by atomic mass is 16.4. The van der Waals surface area contributed by atoms with Gasteiger partial charge in [-0.3, -0.25) is 4.79 Å². The van der Waals surface area contributed by atoms with Crippen LogP contribution in [0.2, 0.25) is 0 Å². The minimum Gasteiger partial charge on any atom is -0.478 e. The summed E-state index contributed by atoms with van der Waals surface area (Å²) in [7, 11) is 0. The lowest BCUT2D eigenvalue weighted by Gasteiger charge is -2.72. The van der Waals surface area contributed by atoms with Crippen molar-refractivity contribution in [1.29, 1.82) is 0 Å². The molecule has 0 bridgehead atoms. The predicted molar refractivity (Wildman–Crippen MR) is 203 cm³/mol. The van der Waals surface area contributed by atoms with Crippen LogP contribution in [0.3, 0.4) is 0 Å². The number of rotatable bonds is 8. The summed E-state index contributed by atoms with van der Waals surface area (Å²) in [6.07, 6.45) is 14.8. The Kier molecular flexibility index (Phi) is 9.10. The second-order valence-electron chi connectivity index (χ2n) is 19.1. The highest BCUT2D eigenvalue weighted by molar-refractivity contribution is 5.88. The van der Waals surface area contributed by atoms with E-state index >= 15 is 0 Å². The normalized spacial score (nSPS) is 39.6. The molecule has 0 aromatic heterocycles. The molecule has 5 aliphatic carbocycles. The minimum atomic E-state index is -0.876. The quantitative estimate of drug-likeness (QED) is 0.236. The molecule has 3 amide bonds. The Morgan fingerprint density at radius 3 is 2.33 bits per heavy atom. The largest absolute Gasteiger partial charge is 0.478 e. The first kappa shape index (κ1) is 36.3. The molecule has 9 atom stereocenters. The second kappa shape index (κ2) is 12.8. The lowest BCUT2D eigenvalue weighted by atomic mass is 9.32. The van der Waals surface area contributed by atoms with Gasteiger partial charge in [-0.25, -0.2) is 9.59 Å². The van der Waals surface area contributed by atoms with Gasteiger partial charge in [0.2, 0.25) is 5.91 Å². The molecule has 1 aliphatic heterocycles. The number of benzene rings is 1. The highest BCUT2D eigenvalue weighted by Crippen LogP contribution is 2.77. The lowest BCUT2D eigenvalue weighted by Crippen LogP contribution is -2.66. The molecule has 1 aromatic rings. The van der Waals surface area contributed by atoms with Gasteiger partial charge in [0.25, 0.3) is 0 Å². The molecule has 1 heterocycles. The number of hydrogen-bond acceptors (Lipinski definition) is 3. The molecule has 0 radical (unpaired) electrons. The summed E-state index contributed by atoms with van der Waals surface area (Å²) in [4.78, 5) is 38.6. The molecular formula is C44H63N3O4. The number of carbonyl (C=O) groups is 3. The van der Waals surface area contributed by atoms with Crippen LogP contribution in [0.5, 0.6) is 0 Å². The van der Waals surface area contributed by atoms with Gasteiger partial charge >= 0.3 is 12.0 Å². The van der Waals surface area contributed by atoms with Crippen LogP contribution in [0.25, 0.3) is 5.57 Å². The van der Waals surface area contributed by atoms with Crippen molar-refractivity contribution in [2.75, 3.05) is 26.2 Å². The zero-order valence-electron chi connectivity index (χ0n) is 32.2. The van der Waals surface area contributed by atoms with Crippen LogP contribution in [0.15, 0.2) is 42.5 Å². The fraction of sp³-hybridized carbons (Fsp3) is 0.705.